The van der Waals surface area contributed by atoms with Crippen LogP contribution < -0.4 is 4.74 Å². The molecule has 2 aromatic heterocycles. The molecule has 0 N–H and O–H groups in total. The molecular formula is C29H31N5O3. The van der Waals surface area contributed by atoms with Crippen molar-refractivity contribution >= 4 is 6.08 Å². The summed E-state index contributed by atoms with van der Waals surface area (Å²) in [5.41, 5.74) is 4.11. The van der Waals surface area contributed by atoms with Crippen molar-refractivity contribution in [3.05, 3.63) is 77.5 Å². The average Bonchev–Trinajstić information content (AvgIpc) is 2.95. The van der Waals surface area contributed by atoms with Crippen molar-refractivity contribution in [3.8, 4) is 23.1 Å². The van der Waals surface area contributed by atoms with Gasteiger partial charge < -0.3 is 14.2 Å². The fourth-order valence-corrected chi connectivity index (χ4v) is 4.43. The van der Waals surface area contributed by atoms with Crippen LogP contribution in [0.25, 0.3) is 17.3 Å². The van der Waals surface area contributed by atoms with E-state index in [1.807, 2.05) is 36.5 Å². The Hall–Kier alpha value is -3.64. The first-order valence-electron chi connectivity index (χ1n) is 12.8. The van der Waals surface area contributed by atoms with Gasteiger partial charge in [0.25, 0.3) is 0 Å². The number of morpholine rings is 1. The highest BCUT2D eigenvalue weighted by Crippen LogP contribution is 2.27. The molecule has 0 radical (unpaired) electrons. The molecule has 2 aliphatic rings. The van der Waals surface area contributed by atoms with Crippen LogP contribution in [0.5, 0.6) is 5.75 Å². The van der Waals surface area contributed by atoms with E-state index in [-0.39, 0.29) is 6.10 Å². The second kappa shape index (κ2) is 12.5. The molecule has 0 bridgehead atoms. The molecule has 0 amide bonds. The van der Waals surface area contributed by atoms with Gasteiger partial charge in [-0.15, -0.1) is 0 Å². The van der Waals surface area contributed by atoms with Crippen LogP contribution in [0.15, 0.2) is 54.9 Å². The summed E-state index contributed by atoms with van der Waals surface area (Å²) in [5, 5.41) is 9.70. The Morgan fingerprint density at radius 2 is 1.86 bits per heavy atom. The molecule has 8 heteroatoms. The van der Waals surface area contributed by atoms with E-state index in [1.165, 1.54) is 0 Å². The minimum absolute atomic E-state index is 0.0811. The monoisotopic (exact) mass is 497 g/mol. The summed E-state index contributed by atoms with van der Waals surface area (Å²) >= 11 is 0. The lowest BCUT2D eigenvalue weighted by Gasteiger charge is -2.25. The van der Waals surface area contributed by atoms with Crippen LogP contribution in [0.1, 0.15) is 35.5 Å². The number of pyridine rings is 1. The molecule has 37 heavy (non-hydrogen) atoms. The zero-order valence-electron chi connectivity index (χ0n) is 20.9. The highest BCUT2D eigenvalue weighted by atomic mass is 16.5. The quantitative estimate of drug-likeness (QED) is 0.463. The van der Waals surface area contributed by atoms with Crippen molar-refractivity contribution in [2.75, 3.05) is 46.1 Å². The predicted octanol–water partition coefficient (Wildman–Crippen LogP) is 3.90. The number of ether oxygens (including phenoxy) is 3. The molecule has 2 aliphatic heterocycles. The summed E-state index contributed by atoms with van der Waals surface area (Å²) in [6, 6.07) is 13.9. The molecular weight excluding hydrogens is 466 g/mol. The lowest BCUT2D eigenvalue weighted by Crippen LogP contribution is -2.36. The van der Waals surface area contributed by atoms with Gasteiger partial charge in [0.15, 0.2) is 0 Å². The number of hydrogen-bond acceptors (Lipinski definition) is 8. The van der Waals surface area contributed by atoms with Crippen molar-refractivity contribution in [2.45, 2.75) is 25.4 Å². The number of benzene rings is 1. The van der Waals surface area contributed by atoms with E-state index in [4.69, 9.17) is 19.2 Å². The third-order valence-electron chi connectivity index (χ3n) is 6.53. The van der Waals surface area contributed by atoms with Gasteiger partial charge in [0, 0.05) is 56.9 Å². The van der Waals surface area contributed by atoms with Crippen molar-refractivity contribution in [1.29, 1.82) is 5.26 Å². The van der Waals surface area contributed by atoms with E-state index in [1.54, 1.807) is 6.20 Å². The Bertz CT molecular complexity index is 1240. The van der Waals surface area contributed by atoms with Crippen LogP contribution in [0.4, 0.5) is 0 Å². The van der Waals surface area contributed by atoms with Gasteiger partial charge in [-0.1, -0.05) is 12.1 Å². The summed E-state index contributed by atoms with van der Waals surface area (Å²) in [7, 11) is 0. The molecule has 1 aromatic carbocycles. The molecule has 2 fully saturated rings. The molecule has 5 rings (SSSR count). The second-order valence-corrected chi connectivity index (χ2v) is 9.19. The standard InChI is InChI=1S/C29H31N5O3/c30-20-24-19-23(4-6-28(24)37-26-8-14-35-15-9-26)27-7-10-31-29(33-27)18-22-3-5-25(32-21-22)2-1-11-34-12-16-36-17-13-34/h1-7,10,19,21,26H,8-9,11-18H2/b2-1+. The van der Waals surface area contributed by atoms with Gasteiger partial charge >= 0.3 is 0 Å². The molecule has 0 spiro atoms. The summed E-state index contributed by atoms with van der Waals surface area (Å²) in [6.07, 6.45) is 10.2. The minimum Gasteiger partial charge on any atom is -0.489 e. The largest absolute Gasteiger partial charge is 0.489 e. The molecule has 2 saturated heterocycles. The Labute approximate surface area is 217 Å². The van der Waals surface area contributed by atoms with Crippen molar-refractivity contribution in [3.63, 3.8) is 0 Å². The number of nitrogens with zero attached hydrogens (tertiary/aromatic N) is 5. The van der Waals surface area contributed by atoms with Gasteiger partial charge in [0.2, 0.25) is 0 Å². The van der Waals surface area contributed by atoms with Crippen LogP contribution in [-0.4, -0.2) is 72.0 Å². The Morgan fingerprint density at radius 1 is 1.03 bits per heavy atom. The highest BCUT2D eigenvalue weighted by molar-refractivity contribution is 5.64. The van der Waals surface area contributed by atoms with Crippen LogP contribution in [-0.2, 0) is 15.9 Å². The third-order valence-corrected chi connectivity index (χ3v) is 6.53. The maximum Gasteiger partial charge on any atom is 0.137 e. The Kier molecular flexibility index (Phi) is 8.49. The first-order chi connectivity index (χ1) is 18.3. The zero-order valence-corrected chi connectivity index (χ0v) is 20.9. The number of rotatable bonds is 8. The number of hydrogen-bond donors (Lipinski definition) is 0. The topological polar surface area (TPSA) is 93.4 Å². The molecule has 0 unspecified atom stereocenters. The molecule has 0 saturated carbocycles. The SMILES string of the molecule is N#Cc1cc(-c2ccnc(Cc3ccc(/C=C/CN4CCOCC4)nc3)n2)ccc1OC1CCOCC1. The summed E-state index contributed by atoms with van der Waals surface area (Å²) in [4.78, 5) is 16.1. The zero-order chi connectivity index (χ0) is 25.3. The van der Waals surface area contributed by atoms with E-state index < -0.39 is 0 Å². The van der Waals surface area contributed by atoms with Gasteiger partial charge in [0.05, 0.1) is 43.4 Å². The van der Waals surface area contributed by atoms with Crippen LogP contribution in [0, 0.1) is 11.3 Å². The van der Waals surface area contributed by atoms with Crippen molar-refractivity contribution in [2.24, 2.45) is 0 Å². The average molecular weight is 498 g/mol. The third kappa shape index (κ3) is 6.98. The minimum atomic E-state index is 0.0811. The molecule has 4 heterocycles. The van der Waals surface area contributed by atoms with Crippen molar-refractivity contribution < 1.29 is 14.2 Å². The normalized spacial score (nSPS) is 17.1. The van der Waals surface area contributed by atoms with E-state index in [2.05, 4.69) is 39.2 Å². The lowest BCUT2D eigenvalue weighted by atomic mass is 10.1. The van der Waals surface area contributed by atoms with Gasteiger partial charge in [-0.25, -0.2) is 9.97 Å². The summed E-state index contributed by atoms with van der Waals surface area (Å²) in [5.74, 6) is 1.31. The Morgan fingerprint density at radius 3 is 2.65 bits per heavy atom. The maximum atomic E-state index is 9.70. The summed E-state index contributed by atoms with van der Waals surface area (Å²) < 4.78 is 16.9. The first kappa shape index (κ1) is 25.0. The van der Waals surface area contributed by atoms with E-state index in [0.29, 0.717) is 36.8 Å². The predicted molar refractivity (Wildman–Crippen MR) is 140 cm³/mol. The molecule has 0 aliphatic carbocycles. The van der Waals surface area contributed by atoms with Crippen molar-refractivity contribution in [1.82, 2.24) is 19.9 Å². The van der Waals surface area contributed by atoms with E-state index in [9.17, 15) is 5.26 Å². The van der Waals surface area contributed by atoms with Gasteiger partial charge in [-0.05, 0) is 42.0 Å². The Balaban J connectivity index is 1.22. The fourth-order valence-electron chi connectivity index (χ4n) is 4.43. The van der Waals surface area contributed by atoms with E-state index >= 15 is 0 Å². The van der Waals surface area contributed by atoms with E-state index in [0.717, 1.165) is 68.2 Å². The van der Waals surface area contributed by atoms with Crippen LogP contribution in [0.3, 0.4) is 0 Å². The highest BCUT2D eigenvalue weighted by Gasteiger charge is 2.17. The summed E-state index contributed by atoms with van der Waals surface area (Å²) in [6.45, 7) is 5.85. The number of aromatic nitrogens is 3. The van der Waals surface area contributed by atoms with Crippen LogP contribution in [0.2, 0.25) is 0 Å². The van der Waals surface area contributed by atoms with Gasteiger partial charge in [0.1, 0.15) is 23.7 Å². The molecule has 190 valence electrons. The lowest BCUT2D eigenvalue weighted by molar-refractivity contribution is 0.0254. The van der Waals surface area contributed by atoms with Gasteiger partial charge in [-0.2, -0.15) is 5.26 Å². The number of nitriles is 1. The first-order valence-corrected chi connectivity index (χ1v) is 12.8. The fraction of sp³-hybridized carbons (Fsp3) is 0.379. The van der Waals surface area contributed by atoms with Gasteiger partial charge in [-0.3, -0.25) is 9.88 Å². The molecule has 3 aromatic rings. The molecule has 0 atom stereocenters. The smallest absolute Gasteiger partial charge is 0.137 e. The van der Waals surface area contributed by atoms with Crippen LogP contribution >= 0.6 is 0 Å². The molecule has 8 nitrogen and oxygen atoms in total. The second-order valence-electron chi connectivity index (χ2n) is 9.19. The maximum absolute atomic E-state index is 9.70.